The molecular formula is C22H25FN4O3. The third kappa shape index (κ3) is 4.23. The van der Waals surface area contributed by atoms with E-state index < -0.39 is 23.5 Å². The third-order valence-electron chi connectivity index (χ3n) is 5.06. The van der Waals surface area contributed by atoms with Crippen LogP contribution in [0.25, 0.3) is 5.76 Å². The van der Waals surface area contributed by atoms with Gasteiger partial charge in [0.15, 0.2) is 0 Å². The van der Waals surface area contributed by atoms with Gasteiger partial charge in [-0.15, -0.1) is 0 Å². The normalized spacial score (nSPS) is 18.5. The van der Waals surface area contributed by atoms with Gasteiger partial charge in [0, 0.05) is 12.7 Å². The number of carbonyl (C=O) groups is 2. The maximum absolute atomic E-state index is 14.0. The molecule has 8 heteroatoms. The Bertz CT molecular complexity index is 1020. The average Bonchev–Trinajstić information content (AvgIpc) is 2.92. The van der Waals surface area contributed by atoms with Crippen LogP contribution in [-0.4, -0.2) is 63.7 Å². The number of hydrogen-bond donors (Lipinski definition) is 1. The maximum atomic E-state index is 14.0. The lowest BCUT2D eigenvalue weighted by Crippen LogP contribution is -2.32. The van der Waals surface area contributed by atoms with Crippen molar-refractivity contribution in [3.63, 3.8) is 0 Å². The summed E-state index contributed by atoms with van der Waals surface area (Å²) < 4.78 is 14.0. The van der Waals surface area contributed by atoms with E-state index in [9.17, 15) is 19.1 Å². The number of nitrogens with zero attached hydrogens (tertiary/aromatic N) is 4. The molecule has 1 saturated heterocycles. The van der Waals surface area contributed by atoms with Gasteiger partial charge in [0.1, 0.15) is 17.4 Å². The fourth-order valence-corrected chi connectivity index (χ4v) is 3.65. The number of likely N-dealkylation sites (tertiary alicyclic amines) is 1. The van der Waals surface area contributed by atoms with Gasteiger partial charge < -0.3 is 14.9 Å². The van der Waals surface area contributed by atoms with Crippen LogP contribution in [0.3, 0.4) is 0 Å². The molecule has 7 nitrogen and oxygen atoms in total. The number of aliphatic hydroxyl groups excluding tert-OH is 1. The Morgan fingerprint density at radius 2 is 2.00 bits per heavy atom. The molecule has 1 fully saturated rings. The van der Waals surface area contributed by atoms with Crippen LogP contribution in [0.15, 0.2) is 36.0 Å². The largest absolute Gasteiger partial charge is 0.507 e. The highest BCUT2D eigenvalue weighted by molar-refractivity contribution is 6.46. The van der Waals surface area contributed by atoms with E-state index in [1.54, 1.807) is 19.9 Å². The van der Waals surface area contributed by atoms with Crippen molar-refractivity contribution in [1.82, 2.24) is 19.8 Å². The Kier molecular flexibility index (Phi) is 6.26. The van der Waals surface area contributed by atoms with Crippen LogP contribution >= 0.6 is 0 Å². The van der Waals surface area contributed by atoms with Gasteiger partial charge in [-0.25, -0.2) is 14.4 Å². The van der Waals surface area contributed by atoms with Gasteiger partial charge in [-0.2, -0.15) is 0 Å². The van der Waals surface area contributed by atoms with Gasteiger partial charge in [0.2, 0.25) is 0 Å². The standard InChI is InChI=1S/C22H25FN4O3/c1-13-17(12-24-14(2)25-13)20(28)18-19(15-7-5-8-16(23)11-15)27(22(30)21(18)29)10-6-9-26(3)4/h5,7-8,11-12,19,28H,6,9-10H2,1-4H3. The number of ketones is 1. The van der Waals surface area contributed by atoms with Gasteiger partial charge >= 0.3 is 0 Å². The summed E-state index contributed by atoms with van der Waals surface area (Å²) in [7, 11) is 3.83. The lowest BCUT2D eigenvalue weighted by atomic mass is 9.95. The van der Waals surface area contributed by atoms with Gasteiger partial charge in [0.25, 0.3) is 11.7 Å². The van der Waals surface area contributed by atoms with Crippen molar-refractivity contribution >= 4 is 17.4 Å². The first-order chi connectivity index (χ1) is 14.2. The number of aromatic nitrogens is 2. The quantitative estimate of drug-likeness (QED) is 0.446. The van der Waals surface area contributed by atoms with E-state index >= 15 is 0 Å². The first-order valence-corrected chi connectivity index (χ1v) is 9.70. The number of aliphatic hydroxyl groups is 1. The molecule has 0 aliphatic carbocycles. The predicted octanol–water partition coefficient (Wildman–Crippen LogP) is 2.61. The summed E-state index contributed by atoms with van der Waals surface area (Å²) in [6, 6.07) is 4.85. The maximum Gasteiger partial charge on any atom is 0.295 e. The van der Waals surface area contributed by atoms with Crippen LogP contribution in [0.4, 0.5) is 4.39 Å². The molecule has 0 radical (unpaired) electrons. The summed E-state index contributed by atoms with van der Waals surface area (Å²) in [5.41, 5.74) is 1.10. The van der Waals surface area contributed by atoms with Crippen LogP contribution in [-0.2, 0) is 9.59 Å². The summed E-state index contributed by atoms with van der Waals surface area (Å²) in [5, 5.41) is 11.0. The lowest BCUT2D eigenvalue weighted by molar-refractivity contribution is -0.139. The number of benzene rings is 1. The van der Waals surface area contributed by atoms with E-state index in [0.717, 1.165) is 0 Å². The highest BCUT2D eigenvalue weighted by Gasteiger charge is 2.46. The molecule has 1 unspecified atom stereocenters. The lowest BCUT2D eigenvalue weighted by Gasteiger charge is -2.26. The zero-order chi connectivity index (χ0) is 22.0. The Balaban J connectivity index is 2.13. The molecule has 1 amide bonds. The molecule has 1 atom stereocenters. The molecule has 1 aromatic carbocycles. The van der Waals surface area contributed by atoms with Gasteiger partial charge in [-0.05, 0) is 58.6 Å². The molecule has 2 aromatic rings. The molecule has 1 aromatic heterocycles. The number of amides is 1. The minimum atomic E-state index is -0.886. The number of Topliss-reactive ketones (excluding diaryl/α,β-unsaturated/α-hetero) is 1. The highest BCUT2D eigenvalue weighted by Crippen LogP contribution is 2.39. The van der Waals surface area contributed by atoms with Crippen molar-refractivity contribution < 1.29 is 19.1 Å². The number of rotatable bonds is 6. The molecule has 0 saturated carbocycles. The van der Waals surface area contributed by atoms with Crippen LogP contribution in [0.1, 0.15) is 35.1 Å². The predicted molar refractivity (Wildman–Crippen MR) is 110 cm³/mol. The second-order valence-electron chi connectivity index (χ2n) is 7.62. The van der Waals surface area contributed by atoms with Gasteiger partial charge in [-0.1, -0.05) is 12.1 Å². The second-order valence-corrected chi connectivity index (χ2v) is 7.62. The molecule has 30 heavy (non-hydrogen) atoms. The first-order valence-electron chi connectivity index (χ1n) is 9.70. The number of aryl methyl sites for hydroxylation is 2. The van der Waals surface area contributed by atoms with Crippen LogP contribution in [0, 0.1) is 19.7 Å². The summed E-state index contributed by atoms with van der Waals surface area (Å²) in [6.45, 7) is 4.41. The van der Waals surface area contributed by atoms with Crippen molar-refractivity contribution in [3.8, 4) is 0 Å². The van der Waals surface area contributed by atoms with Crippen molar-refractivity contribution in [2.24, 2.45) is 0 Å². The van der Waals surface area contributed by atoms with Crippen LogP contribution < -0.4 is 0 Å². The van der Waals surface area contributed by atoms with E-state index in [-0.39, 0.29) is 16.9 Å². The monoisotopic (exact) mass is 412 g/mol. The Morgan fingerprint density at radius 3 is 2.63 bits per heavy atom. The SMILES string of the molecule is Cc1ncc(C(O)=C2C(=O)C(=O)N(CCCN(C)C)C2c2cccc(F)c2)c(C)n1. The molecule has 3 rings (SSSR count). The number of halogens is 1. The van der Waals surface area contributed by atoms with E-state index in [4.69, 9.17) is 0 Å². The Labute approximate surface area is 174 Å². The van der Waals surface area contributed by atoms with E-state index in [2.05, 4.69) is 9.97 Å². The zero-order valence-electron chi connectivity index (χ0n) is 17.5. The van der Waals surface area contributed by atoms with Crippen LogP contribution in [0.5, 0.6) is 0 Å². The average molecular weight is 412 g/mol. The second kappa shape index (κ2) is 8.71. The number of hydrogen-bond acceptors (Lipinski definition) is 6. The molecule has 0 spiro atoms. The molecule has 1 aliphatic heterocycles. The van der Waals surface area contributed by atoms with Crippen molar-refractivity contribution in [2.75, 3.05) is 27.2 Å². The highest BCUT2D eigenvalue weighted by atomic mass is 19.1. The zero-order valence-corrected chi connectivity index (χ0v) is 17.5. The Morgan fingerprint density at radius 1 is 1.27 bits per heavy atom. The molecular weight excluding hydrogens is 387 g/mol. The van der Waals surface area contributed by atoms with Gasteiger partial charge in [0.05, 0.1) is 22.9 Å². The summed E-state index contributed by atoms with van der Waals surface area (Å²) >= 11 is 0. The topological polar surface area (TPSA) is 86.6 Å². The Hall–Kier alpha value is -3.13. The number of carbonyl (C=O) groups excluding carboxylic acids is 2. The molecule has 158 valence electrons. The minimum absolute atomic E-state index is 0.0778. The summed E-state index contributed by atoms with van der Waals surface area (Å²) in [4.78, 5) is 37.4. The fourth-order valence-electron chi connectivity index (χ4n) is 3.65. The molecule has 1 aliphatic rings. The van der Waals surface area contributed by atoms with Crippen molar-refractivity contribution in [3.05, 3.63) is 64.5 Å². The third-order valence-corrected chi connectivity index (χ3v) is 5.06. The van der Waals surface area contributed by atoms with Crippen molar-refractivity contribution in [1.29, 1.82) is 0 Å². The molecule has 2 heterocycles. The first kappa shape index (κ1) is 21.6. The van der Waals surface area contributed by atoms with E-state index in [1.807, 2.05) is 19.0 Å². The van der Waals surface area contributed by atoms with E-state index in [1.165, 1.54) is 29.3 Å². The van der Waals surface area contributed by atoms with Crippen molar-refractivity contribution in [2.45, 2.75) is 26.3 Å². The summed E-state index contributed by atoms with van der Waals surface area (Å²) in [6.07, 6.45) is 2.05. The molecule has 0 bridgehead atoms. The minimum Gasteiger partial charge on any atom is -0.507 e. The van der Waals surface area contributed by atoms with Gasteiger partial charge in [-0.3, -0.25) is 9.59 Å². The smallest absolute Gasteiger partial charge is 0.295 e. The van der Waals surface area contributed by atoms with Crippen LogP contribution in [0.2, 0.25) is 0 Å². The molecule has 1 N–H and O–H groups in total. The fraction of sp³-hybridized carbons (Fsp3) is 0.364. The van der Waals surface area contributed by atoms with E-state index in [0.29, 0.717) is 36.6 Å². The summed E-state index contributed by atoms with van der Waals surface area (Å²) in [5.74, 6) is -1.83.